The third kappa shape index (κ3) is 3.30. The molecular formula is C21H25BF2N2O3. The summed E-state index contributed by atoms with van der Waals surface area (Å²) in [6, 6.07) is 4.19. The zero-order valence-electron chi connectivity index (χ0n) is 17.3. The first kappa shape index (κ1) is 20.2. The Kier molecular flexibility index (Phi) is 4.31. The quantitative estimate of drug-likeness (QED) is 0.589. The van der Waals surface area contributed by atoms with Crippen molar-refractivity contribution in [2.75, 3.05) is 5.32 Å². The van der Waals surface area contributed by atoms with E-state index in [-0.39, 0.29) is 17.2 Å². The third-order valence-corrected chi connectivity index (χ3v) is 6.22. The molecule has 0 bridgehead atoms. The number of amides is 2. The second-order valence-corrected chi connectivity index (χ2v) is 9.15. The fourth-order valence-electron chi connectivity index (χ4n) is 3.50. The molecule has 8 heteroatoms. The summed E-state index contributed by atoms with van der Waals surface area (Å²) in [7, 11) is -0.661. The van der Waals surface area contributed by atoms with Crippen molar-refractivity contribution in [3.63, 3.8) is 0 Å². The molecule has 1 atom stereocenters. The van der Waals surface area contributed by atoms with E-state index in [1.807, 2.05) is 27.7 Å². The lowest BCUT2D eigenvalue weighted by atomic mass is 9.75. The first-order valence-electron chi connectivity index (χ1n) is 9.84. The molecule has 2 heterocycles. The number of carbonyl (C=O) groups is 1. The van der Waals surface area contributed by atoms with Gasteiger partial charge in [-0.25, -0.2) is 13.6 Å². The van der Waals surface area contributed by atoms with Gasteiger partial charge >= 0.3 is 13.1 Å². The molecule has 29 heavy (non-hydrogen) atoms. The Balaban J connectivity index is 1.77. The molecule has 2 aliphatic heterocycles. The lowest BCUT2D eigenvalue weighted by Gasteiger charge is -2.40. The van der Waals surface area contributed by atoms with Crippen molar-refractivity contribution >= 4 is 24.3 Å². The number of carbonyl (C=O) groups excluding carboxylic acids is 1. The average molecular weight is 402 g/mol. The summed E-state index contributed by atoms with van der Waals surface area (Å²) >= 11 is 0. The number of rotatable bonds is 2. The molecule has 2 amide bonds. The first-order chi connectivity index (χ1) is 13.3. The zero-order valence-corrected chi connectivity index (χ0v) is 17.3. The minimum Gasteiger partial charge on any atom is -0.399 e. The molecular weight excluding hydrogens is 377 g/mol. The second kappa shape index (κ2) is 6.20. The van der Waals surface area contributed by atoms with Gasteiger partial charge in [-0.15, -0.1) is 0 Å². The number of nitrogens with one attached hydrogen (secondary N) is 2. The zero-order chi connectivity index (χ0) is 21.2. The standard InChI is InChI=1S/C21H25BF2N2O3/c1-18(2)19(3,4)29-22(28-18)14-8-9-15-16(12-14)25-17(27)26-21(15,20(5,23)24)11-10-13-6-7-13/h8-9,12-13H,6-7H2,1-5H3,(H2,25,26,27)/t21-/m0/s1. The monoisotopic (exact) mass is 402 g/mol. The first-order valence-corrected chi connectivity index (χ1v) is 9.84. The fraction of sp³-hybridized carbons (Fsp3) is 0.571. The highest BCUT2D eigenvalue weighted by molar-refractivity contribution is 6.62. The molecule has 0 aromatic heterocycles. The molecule has 1 saturated heterocycles. The summed E-state index contributed by atoms with van der Waals surface area (Å²) in [6.45, 7) is 8.53. The Morgan fingerprint density at radius 3 is 2.34 bits per heavy atom. The smallest absolute Gasteiger partial charge is 0.399 e. The van der Waals surface area contributed by atoms with Crippen molar-refractivity contribution in [1.82, 2.24) is 5.32 Å². The van der Waals surface area contributed by atoms with Crippen molar-refractivity contribution in [3.05, 3.63) is 23.8 Å². The highest BCUT2D eigenvalue weighted by atomic mass is 19.3. The molecule has 2 fully saturated rings. The van der Waals surface area contributed by atoms with Gasteiger partial charge < -0.3 is 19.9 Å². The van der Waals surface area contributed by atoms with Gasteiger partial charge in [-0.2, -0.15) is 0 Å². The number of benzene rings is 1. The number of urea groups is 1. The van der Waals surface area contributed by atoms with Gasteiger partial charge in [-0.05, 0) is 52.1 Å². The van der Waals surface area contributed by atoms with Crippen LogP contribution >= 0.6 is 0 Å². The number of hydrogen-bond acceptors (Lipinski definition) is 3. The third-order valence-electron chi connectivity index (χ3n) is 6.22. The molecule has 1 aliphatic carbocycles. The Labute approximate surface area is 170 Å². The number of hydrogen-bond donors (Lipinski definition) is 2. The van der Waals surface area contributed by atoms with E-state index in [1.54, 1.807) is 18.2 Å². The van der Waals surface area contributed by atoms with Crippen LogP contribution in [0.5, 0.6) is 0 Å². The van der Waals surface area contributed by atoms with Gasteiger partial charge in [0.1, 0.15) is 0 Å². The second-order valence-electron chi connectivity index (χ2n) is 9.15. The number of anilines is 1. The van der Waals surface area contributed by atoms with Gasteiger partial charge in [0, 0.05) is 24.1 Å². The highest BCUT2D eigenvalue weighted by Gasteiger charge is 2.56. The molecule has 3 aliphatic rings. The predicted octanol–water partition coefficient (Wildman–Crippen LogP) is 3.38. The van der Waals surface area contributed by atoms with Gasteiger partial charge in [0.05, 0.1) is 11.2 Å². The summed E-state index contributed by atoms with van der Waals surface area (Å²) in [5, 5.41) is 5.02. The molecule has 0 unspecified atom stereocenters. The van der Waals surface area contributed by atoms with Crippen LogP contribution in [0.1, 0.15) is 53.0 Å². The summed E-state index contributed by atoms with van der Waals surface area (Å²) in [6.07, 6.45) is 1.80. The Morgan fingerprint density at radius 2 is 1.79 bits per heavy atom. The van der Waals surface area contributed by atoms with Crippen LogP contribution < -0.4 is 16.1 Å². The lowest BCUT2D eigenvalue weighted by Crippen LogP contribution is -2.60. The number of fused-ring (bicyclic) bond motifs is 1. The van der Waals surface area contributed by atoms with E-state index >= 15 is 0 Å². The SMILES string of the molecule is CC1(C)OB(c2ccc3c(c2)NC(=O)N[C@]3(C#CC2CC2)C(C)(F)F)OC1(C)C. The topological polar surface area (TPSA) is 59.6 Å². The minimum absolute atomic E-state index is 0.119. The maximum Gasteiger partial charge on any atom is 0.494 e. The van der Waals surface area contributed by atoms with E-state index in [0.29, 0.717) is 5.46 Å². The molecule has 0 radical (unpaired) electrons. The van der Waals surface area contributed by atoms with E-state index in [9.17, 15) is 13.6 Å². The van der Waals surface area contributed by atoms with Crippen LogP contribution in [0.2, 0.25) is 0 Å². The molecule has 1 saturated carbocycles. The molecule has 0 spiro atoms. The van der Waals surface area contributed by atoms with Crippen molar-refractivity contribution < 1.29 is 22.9 Å². The van der Waals surface area contributed by atoms with E-state index < -0.39 is 35.8 Å². The molecule has 2 N–H and O–H groups in total. The van der Waals surface area contributed by atoms with Gasteiger partial charge in [-0.1, -0.05) is 24.0 Å². The molecule has 1 aromatic carbocycles. The van der Waals surface area contributed by atoms with Crippen LogP contribution in [0.3, 0.4) is 0 Å². The largest absolute Gasteiger partial charge is 0.494 e. The average Bonchev–Trinajstić information content (AvgIpc) is 3.37. The van der Waals surface area contributed by atoms with E-state index in [1.165, 1.54) is 0 Å². The Hall–Kier alpha value is -2.11. The summed E-state index contributed by atoms with van der Waals surface area (Å²) in [4.78, 5) is 12.3. The van der Waals surface area contributed by atoms with Gasteiger partial charge in [0.2, 0.25) is 0 Å². The predicted molar refractivity (Wildman–Crippen MR) is 107 cm³/mol. The maximum atomic E-state index is 14.8. The Morgan fingerprint density at radius 1 is 1.17 bits per heavy atom. The van der Waals surface area contributed by atoms with Crippen molar-refractivity contribution in [2.45, 2.75) is 70.1 Å². The van der Waals surface area contributed by atoms with Crippen molar-refractivity contribution in [3.8, 4) is 11.8 Å². The van der Waals surface area contributed by atoms with Crippen LogP contribution in [0.25, 0.3) is 0 Å². The van der Waals surface area contributed by atoms with Gasteiger partial charge in [0.15, 0.2) is 5.54 Å². The molecule has 1 aromatic rings. The molecule has 5 nitrogen and oxygen atoms in total. The van der Waals surface area contributed by atoms with Gasteiger partial charge in [-0.3, -0.25) is 0 Å². The van der Waals surface area contributed by atoms with Crippen molar-refractivity contribution in [1.29, 1.82) is 0 Å². The summed E-state index contributed by atoms with van der Waals surface area (Å²) < 4.78 is 41.7. The molecule has 154 valence electrons. The minimum atomic E-state index is -3.28. The van der Waals surface area contributed by atoms with Crippen LogP contribution in [-0.2, 0) is 14.8 Å². The van der Waals surface area contributed by atoms with E-state index in [4.69, 9.17) is 9.31 Å². The highest BCUT2D eigenvalue weighted by Crippen LogP contribution is 2.43. The van der Waals surface area contributed by atoms with Crippen LogP contribution in [-0.4, -0.2) is 30.3 Å². The van der Waals surface area contributed by atoms with Crippen molar-refractivity contribution in [2.24, 2.45) is 5.92 Å². The number of alkyl halides is 2. The van der Waals surface area contributed by atoms with E-state index in [0.717, 1.165) is 19.8 Å². The van der Waals surface area contributed by atoms with Gasteiger partial charge in [0.25, 0.3) is 5.92 Å². The van der Waals surface area contributed by atoms with Crippen LogP contribution in [0.15, 0.2) is 18.2 Å². The lowest BCUT2D eigenvalue weighted by molar-refractivity contribution is -0.0464. The van der Waals surface area contributed by atoms with Crippen LogP contribution in [0, 0.1) is 17.8 Å². The van der Waals surface area contributed by atoms with E-state index in [2.05, 4.69) is 22.5 Å². The summed E-state index contributed by atoms with van der Waals surface area (Å²) in [5.41, 5.74) is -1.98. The number of halogens is 2. The normalized spacial score (nSPS) is 27.4. The molecule has 4 rings (SSSR count). The maximum absolute atomic E-state index is 14.8. The Bertz CT molecular complexity index is 912. The fourth-order valence-corrected chi connectivity index (χ4v) is 3.50. The summed E-state index contributed by atoms with van der Waals surface area (Å²) in [5.74, 6) is 2.44. The van der Waals surface area contributed by atoms with Crippen LogP contribution in [0.4, 0.5) is 19.3 Å².